The first kappa shape index (κ1) is 12.4. The third-order valence-corrected chi connectivity index (χ3v) is 4.50. The van der Waals surface area contributed by atoms with Crippen molar-refractivity contribution in [1.29, 1.82) is 0 Å². The summed E-state index contributed by atoms with van der Waals surface area (Å²) in [5.74, 6) is 0. The van der Waals surface area contributed by atoms with Gasteiger partial charge in [0, 0.05) is 39.6 Å². The smallest absolute Gasteiger partial charge is 0.0550 e. The second kappa shape index (κ2) is 4.68. The molecule has 23 heavy (non-hydrogen) atoms. The molecule has 2 nitrogen and oxygen atoms in total. The molecule has 0 radical (unpaired) electrons. The van der Waals surface area contributed by atoms with Gasteiger partial charge in [-0.3, -0.25) is 4.98 Å². The third-order valence-electron chi connectivity index (χ3n) is 4.50. The fourth-order valence-corrected chi connectivity index (χ4v) is 3.46. The van der Waals surface area contributed by atoms with Crippen molar-refractivity contribution < 1.29 is 0 Å². The minimum absolute atomic E-state index is 1.14. The number of nitrogens with one attached hydrogen (secondary N) is 1. The fraction of sp³-hybridized carbons (Fsp3) is 0. The summed E-state index contributed by atoms with van der Waals surface area (Å²) in [5, 5.41) is 5.04. The predicted octanol–water partition coefficient (Wildman–Crippen LogP) is 5.54. The molecule has 0 unspecified atom stereocenters. The maximum Gasteiger partial charge on any atom is 0.0550 e. The van der Waals surface area contributed by atoms with Gasteiger partial charge in [0.2, 0.25) is 0 Å². The number of hydrogen-bond acceptors (Lipinski definition) is 1. The van der Waals surface area contributed by atoms with E-state index in [2.05, 4.69) is 70.6 Å². The van der Waals surface area contributed by atoms with Crippen LogP contribution in [0.3, 0.4) is 0 Å². The third kappa shape index (κ3) is 1.78. The van der Waals surface area contributed by atoms with Gasteiger partial charge in [0.1, 0.15) is 0 Å². The molecule has 0 aliphatic heterocycles. The molecule has 0 amide bonds. The molecular formula is C21H14N2. The van der Waals surface area contributed by atoms with Gasteiger partial charge < -0.3 is 4.98 Å². The molecule has 0 atom stereocenters. The molecule has 1 N–H and O–H groups in total. The van der Waals surface area contributed by atoms with Crippen LogP contribution in [0.15, 0.2) is 79.1 Å². The lowest BCUT2D eigenvalue weighted by atomic mass is 9.97. The maximum atomic E-state index is 4.28. The molecule has 2 heteroatoms. The van der Waals surface area contributed by atoms with Gasteiger partial charge in [-0.05, 0) is 23.1 Å². The fourth-order valence-electron chi connectivity index (χ4n) is 3.46. The van der Waals surface area contributed by atoms with E-state index in [1.54, 1.807) is 0 Å². The van der Waals surface area contributed by atoms with Crippen molar-refractivity contribution in [2.24, 2.45) is 0 Å². The Hall–Kier alpha value is -3.13. The molecule has 0 aliphatic rings. The number of H-pyrrole nitrogens is 1. The number of hydrogen-bond donors (Lipinski definition) is 1. The van der Waals surface area contributed by atoms with E-state index >= 15 is 0 Å². The van der Waals surface area contributed by atoms with E-state index in [9.17, 15) is 0 Å². The number of nitrogens with zero attached hydrogens (tertiary/aromatic N) is 1. The minimum atomic E-state index is 1.14. The quantitative estimate of drug-likeness (QED) is 0.432. The summed E-state index contributed by atoms with van der Waals surface area (Å²) in [6.07, 6.45) is 3.74. The summed E-state index contributed by atoms with van der Waals surface area (Å²) >= 11 is 0. The van der Waals surface area contributed by atoms with Gasteiger partial charge in [-0.2, -0.15) is 0 Å². The van der Waals surface area contributed by atoms with Crippen molar-refractivity contribution in [3.63, 3.8) is 0 Å². The highest BCUT2D eigenvalue weighted by molar-refractivity contribution is 6.20. The van der Waals surface area contributed by atoms with Gasteiger partial charge in [-0.1, -0.05) is 54.6 Å². The molecule has 108 valence electrons. The first-order valence-corrected chi connectivity index (χ1v) is 7.74. The van der Waals surface area contributed by atoms with E-state index < -0.39 is 0 Å². The average molecular weight is 294 g/mol. The Labute approximate surface area is 133 Å². The number of aromatic amines is 1. The Balaban J connectivity index is 2.00. The Morgan fingerprint density at radius 1 is 0.739 bits per heavy atom. The lowest BCUT2D eigenvalue weighted by Crippen LogP contribution is -1.84. The van der Waals surface area contributed by atoms with Crippen LogP contribution in [0.1, 0.15) is 0 Å². The summed E-state index contributed by atoms with van der Waals surface area (Å²) < 4.78 is 0. The van der Waals surface area contributed by atoms with Gasteiger partial charge in [0.05, 0.1) is 5.52 Å². The Morgan fingerprint density at radius 3 is 2.61 bits per heavy atom. The van der Waals surface area contributed by atoms with Crippen LogP contribution in [0.4, 0.5) is 0 Å². The highest BCUT2D eigenvalue weighted by Crippen LogP contribution is 2.36. The summed E-state index contributed by atoms with van der Waals surface area (Å²) in [7, 11) is 0. The molecule has 0 bridgehead atoms. The summed E-state index contributed by atoms with van der Waals surface area (Å²) in [5.41, 5.74) is 4.73. The Morgan fingerprint density at radius 2 is 1.70 bits per heavy atom. The van der Waals surface area contributed by atoms with Gasteiger partial charge >= 0.3 is 0 Å². The van der Waals surface area contributed by atoms with Crippen LogP contribution >= 0.6 is 0 Å². The normalized spacial score (nSPS) is 11.5. The van der Waals surface area contributed by atoms with E-state index in [1.807, 2.05) is 18.5 Å². The van der Waals surface area contributed by atoms with Crippen LogP contribution in [-0.2, 0) is 0 Å². The molecule has 0 saturated heterocycles. The van der Waals surface area contributed by atoms with Crippen LogP contribution in [0, 0.1) is 0 Å². The molecule has 2 heterocycles. The van der Waals surface area contributed by atoms with Gasteiger partial charge in [0.25, 0.3) is 0 Å². The number of aromatic nitrogens is 2. The molecule has 5 aromatic rings. The number of fused-ring (bicyclic) bond motifs is 5. The largest absolute Gasteiger partial charge is 0.354 e. The number of pyridine rings is 1. The van der Waals surface area contributed by atoms with E-state index in [0.29, 0.717) is 0 Å². The van der Waals surface area contributed by atoms with Crippen LogP contribution in [0.2, 0.25) is 0 Å². The van der Waals surface area contributed by atoms with Crippen molar-refractivity contribution in [2.45, 2.75) is 0 Å². The molecule has 0 spiro atoms. The molecule has 5 rings (SSSR count). The SMILES string of the molecule is c1cncc(-c2cccc3ccc4c5ccccc5[nH]c4c23)c1. The predicted molar refractivity (Wildman–Crippen MR) is 96.5 cm³/mol. The van der Waals surface area contributed by atoms with E-state index in [1.165, 1.54) is 38.1 Å². The first-order valence-electron chi connectivity index (χ1n) is 7.74. The second-order valence-corrected chi connectivity index (χ2v) is 5.80. The highest BCUT2D eigenvalue weighted by atomic mass is 14.7. The van der Waals surface area contributed by atoms with E-state index in [4.69, 9.17) is 0 Å². The molecule has 0 aliphatic carbocycles. The van der Waals surface area contributed by atoms with Gasteiger partial charge in [-0.15, -0.1) is 0 Å². The molecule has 0 fully saturated rings. The number of para-hydroxylation sites is 1. The molecular weight excluding hydrogens is 280 g/mol. The van der Waals surface area contributed by atoms with Crippen molar-refractivity contribution in [1.82, 2.24) is 9.97 Å². The standard InChI is InChI=1S/C21H14N2/c1-2-9-19-17(7-1)18-11-10-14-5-3-8-16(20(14)21(18)23-19)15-6-4-12-22-13-15/h1-13,23H. The molecule has 0 saturated carbocycles. The van der Waals surface area contributed by atoms with Crippen molar-refractivity contribution in [2.75, 3.05) is 0 Å². The van der Waals surface area contributed by atoms with Gasteiger partial charge in [-0.25, -0.2) is 0 Å². The zero-order valence-corrected chi connectivity index (χ0v) is 12.5. The van der Waals surface area contributed by atoms with Crippen molar-refractivity contribution >= 4 is 32.6 Å². The zero-order valence-electron chi connectivity index (χ0n) is 12.5. The maximum absolute atomic E-state index is 4.28. The van der Waals surface area contributed by atoms with Crippen LogP contribution in [0.25, 0.3) is 43.7 Å². The average Bonchev–Trinajstić information content (AvgIpc) is 3.01. The number of rotatable bonds is 1. The molecule has 3 aromatic carbocycles. The minimum Gasteiger partial charge on any atom is -0.354 e. The summed E-state index contributed by atoms with van der Waals surface area (Å²) in [6, 6.07) is 23.4. The Bertz CT molecular complexity index is 1150. The number of benzene rings is 3. The van der Waals surface area contributed by atoms with Crippen LogP contribution in [-0.4, -0.2) is 9.97 Å². The molecule has 2 aromatic heterocycles. The summed E-state index contributed by atoms with van der Waals surface area (Å²) in [6.45, 7) is 0. The second-order valence-electron chi connectivity index (χ2n) is 5.80. The van der Waals surface area contributed by atoms with Crippen molar-refractivity contribution in [3.8, 4) is 11.1 Å². The van der Waals surface area contributed by atoms with Crippen LogP contribution < -0.4 is 0 Å². The van der Waals surface area contributed by atoms with Crippen molar-refractivity contribution in [3.05, 3.63) is 79.1 Å². The summed E-state index contributed by atoms with van der Waals surface area (Å²) in [4.78, 5) is 7.89. The lowest BCUT2D eigenvalue weighted by molar-refractivity contribution is 1.33. The highest BCUT2D eigenvalue weighted by Gasteiger charge is 2.11. The van der Waals surface area contributed by atoms with E-state index in [-0.39, 0.29) is 0 Å². The Kier molecular flexibility index (Phi) is 2.53. The van der Waals surface area contributed by atoms with Crippen LogP contribution in [0.5, 0.6) is 0 Å². The van der Waals surface area contributed by atoms with E-state index in [0.717, 1.165) is 5.56 Å². The van der Waals surface area contributed by atoms with Gasteiger partial charge in [0.15, 0.2) is 0 Å². The zero-order chi connectivity index (χ0) is 15.2. The topological polar surface area (TPSA) is 28.7 Å². The first-order chi connectivity index (χ1) is 11.4. The monoisotopic (exact) mass is 294 g/mol. The lowest BCUT2D eigenvalue weighted by Gasteiger charge is -2.08.